The fourth-order valence-electron chi connectivity index (χ4n) is 5.66. The highest BCUT2D eigenvalue weighted by molar-refractivity contribution is 5.84. The van der Waals surface area contributed by atoms with Crippen LogP contribution in [-0.4, -0.2) is 35.6 Å². The van der Waals surface area contributed by atoms with E-state index in [1.165, 1.54) is 6.07 Å². The molecule has 5 atom stereocenters. The molecule has 0 aromatic heterocycles. The third-order valence-corrected chi connectivity index (χ3v) is 7.33. The van der Waals surface area contributed by atoms with Crippen molar-refractivity contribution in [2.45, 2.75) is 50.7 Å². The molecule has 4 nitrogen and oxygen atoms in total. The lowest BCUT2D eigenvalue weighted by Crippen LogP contribution is -2.44. The number of nitrogens with zero attached hydrogens (tertiary/aromatic N) is 1. The number of carbonyl (C=O) groups excluding carboxylic acids is 1. The minimum absolute atomic E-state index is 0.00162. The first-order valence-electron chi connectivity index (χ1n) is 10.8. The third-order valence-electron chi connectivity index (χ3n) is 7.33. The summed E-state index contributed by atoms with van der Waals surface area (Å²) in [5.41, 5.74) is -0.0268. The van der Waals surface area contributed by atoms with E-state index in [-0.39, 0.29) is 35.5 Å². The van der Waals surface area contributed by atoms with E-state index in [1.807, 2.05) is 36.1 Å². The Kier molecular flexibility index (Phi) is 5.58. The molecule has 2 aromatic rings. The number of carbonyl (C=O) groups is 1. The van der Waals surface area contributed by atoms with Crippen LogP contribution in [0.25, 0.3) is 0 Å². The zero-order chi connectivity index (χ0) is 21.5. The maximum Gasteiger partial charge on any atom is 0.230 e. The number of methoxy groups -OCH3 is 1. The van der Waals surface area contributed by atoms with Crippen LogP contribution in [0.1, 0.15) is 50.2 Å². The Morgan fingerprint density at radius 2 is 1.93 bits per heavy atom. The van der Waals surface area contributed by atoms with Crippen molar-refractivity contribution >= 4 is 5.91 Å². The van der Waals surface area contributed by atoms with Gasteiger partial charge in [0.15, 0.2) is 0 Å². The molecule has 1 saturated carbocycles. The molecule has 1 amide bonds. The molecule has 4 rings (SSSR count). The lowest BCUT2D eigenvalue weighted by Gasteiger charge is -2.42. The lowest BCUT2D eigenvalue weighted by molar-refractivity contribution is -0.133. The molecule has 1 aliphatic carbocycles. The van der Waals surface area contributed by atoms with Crippen LogP contribution in [0.3, 0.4) is 0 Å². The van der Waals surface area contributed by atoms with Gasteiger partial charge in [0.25, 0.3) is 0 Å². The van der Waals surface area contributed by atoms with Crippen molar-refractivity contribution in [3.05, 3.63) is 65.5 Å². The summed E-state index contributed by atoms with van der Waals surface area (Å²) in [6.45, 7) is 4.40. The summed E-state index contributed by atoms with van der Waals surface area (Å²) in [6.07, 6.45) is 2.28. The molecule has 0 bridgehead atoms. The number of rotatable bonds is 4. The topological polar surface area (TPSA) is 49.8 Å². The van der Waals surface area contributed by atoms with E-state index in [0.717, 1.165) is 18.4 Å². The molecule has 4 unspecified atom stereocenters. The standard InChI is InChI=1S/C25H30FNO3/c1-16(18-9-4-7-13-23(18)30-3)24(28)27-15-21-19(17(27)2)10-8-14-25(21,29)20-11-5-6-12-22(20)26/h4-7,9,11-13,16-17,19,21,29H,8,10,14-15H2,1-3H3/t16-,17?,19?,21?,25?/m0/s1. The zero-order valence-electron chi connectivity index (χ0n) is 17.8. The number of fused-ring (bicyclic) bond motifs is 1. The summed E-state index contributed by atoms with van der Waals surface area (Å²) >= 11 is 0. The Morgan fingerprint density at radius 1 is 1.23 bits per heavy atom. The SMILES string of the molecule is COc1ccccc1[C@H](C)C(=O)N1CC2C(CCCC2(O)c2ccccc2F)C1C. The Balaban J connectivity index is 1.63. The van der Waals surface area contributed by atoms with Gasteiger partial charge in [-0.1, -0.05) is 36.4 Å². The summed E-state index contributed by atoms with van der Waals surface area (Å²) in [6, 6.07) is 14.1. The maximum absolute atomic E-state index is 14.6. The fraction of sp³-hybridized carbons (Fsp3) is 0.480. The van der Waals surface area contributed by atoms with Crippen LogP contribution in [0, 0.1) is 17.7 Å². The monoisotopic (exact) mass is 411 g/mol. The van der Waals surface area contributed by atoms with Gasteiger partial charge in [-0.3, -0.25) is 4.79 Å². The third kappa shape index (κ3) is 3.29. The van der Waals surface area contributed by atoms with E-state index in [1.54, 1.807) is 25.3 Å². The molecule has 2 fully saturated rings. The number of halogens is 1. The molecule has 30 heavy (non-hydrogen) atoms. The number of benzene rings is 2. The largest absolute Gasteiger partial charge is 0.496 e. The zero-order valence-corrected chi connectivity index (χ0v) is 17.8. The normalized spacial score (nSPS) is 29.4. The second-order valence-corrected chi connectivity index (χ2v) is 8.76. The minimum Gasteiger partial charge on any atom is -0.496 e. The number of para-hydroxylation sites is 1. The van der Waals surface area contributed by atoms with E-state index >= 15 is 0 Å². The summed E-state index contributed by atoms with van der Waals surface area (Å²) < 4.78 is 20.1. The minimum atomic E-state index is -1.24. The summed E-state index contributed by atoms with van der Waals surface area (Å²) in [7, 11) is 1.61. The average molecular weight is 412 g/mol. The molecule has 1 N–H and O–H groups in total. The predicted octanol–water partition coefficient (Wildman–Crippen LogP) is 4.47. The van der Waals surface area contributed by atoms with Gasteiger partial charge < -0.3 is 14.7 Å². The second-order valence-electron chi connectivity index (χ2n) is 8.76. The van der Waals surface area contributed by atoms with Crippen molar-refractivity contribution in [1.29, 1.82) is 0 Å². The van der Waals surface area contributed by atoms with E-state index in [0.29, 0.717) is 24.3 Å². The van der Waals surface area contributed by atoms with Crippen LogP contribution in [0.15, 0.2) is 48.5 Å². The Labute approximate surface area is 177 Å². The van der Waals surface area contributed by atoms with Crippen LogP contribution in [0.2, 0.25) is 0 Å². The highest BCUT2D eigenvalue weighted by Crippen LogP contribution is 2.51. The van der Waals surface area contributed by atoms with Gasteiger partial charge in [-0.15, -0.1) is 0 Å². The number of aliphatic hydroxyl groups is 1. The molecule has 5 heteroatoms. The molecule has 2 aromatic carbocycles. The smallest absolute Gasteiger partial charge is 0.230 e. The molecular weight excluding hydrogens is 381 g/mol. The van der Waals surface area contributed by atoms with Crippen molar-refractivity contribution < 1.29 is 19.0 Å². The Morgan fingerprint density at radius 3 is 2.67 bits per heavy atom. The molecule has 1 aliphatic heterocycles. The predicted molar refractivity (Wildman–Crippen MR) is 114 cm³/mol. The van der Waals surface area contributed by atoms with Crippen molar-refractivity contribution in [2.75, 3.05) is 13.7 Å². The first-order chi connectivity index (χ1) is 14.4. The summed E-state index contributed by atoms with van der Waals surface area (Å²) in [5.74, 6) is -0.0299. The van der Waals surface area contributed by atoms with Crippen LogP contribution in [0.5, 0.6) is 5.75 Å². The molecule has 1 saturated heterocycles. The van der Waals surface area contributed by atoms with Crippen LogP contribution in [-0.2, 0) is 10.4 Å². The Bertz CT molecular complexity index is 932. The van der Waals surface area contributed by atoms with Crippen LogP contribution < -0.4 is 4.74 Å². The van der Waals surface area contributed by atoms with Gasteiger partial charge in [-0.25, -0.2) is 4.39 Å². The van der Waals surface area contributed by atoms with E-state index in [9.17, 15) is 14.3 Å². The fourth-order valence-corrected chi connectivity index (χ4v) is 5.66. The van der Waals surface area contributed by atoms with Gasteiger partial charge in [0.1, 0.15) is 11.6 Å². The van der Waals surface area contributed by atoms with Gasteiger partial charge in [-0.2, -0.15) is 0 Å². The number of hydrogen-bond donors (Lipinski definition) is 1. The van der Waals surface area contributed by atoms with Gasteiger partial charge in [0.05, 0.1) is 18.6 Å². The van der Waals surface area contributed by atoms with Crippen LogP contribution >= 0.6 is 0 Å². The number of likely N-dealkylation sites (tertiary alicyclic amines) is 1. The van der Waals surface area contributed by atoms with Gasteiger partial charge in [0, 0.05) is 29.6 Å². The van der Waals surface area contributed by atoms with E-state index in [4.69, 9.17) is 4.74 Å². The van der Waals surface area contributed by atoms with Gasteiger partial charge in [-0.05, 0) is 51.2 Å². The van der Waals surface area contributed by atoms with Gasteiger partial charge in [0.2, 0.25) is 5.91 Å². The lowest BCUT2D eigenvalue weighted by atomic mass is 9.66. The second kappa shape index (κ2) is 8.03. The Hall–Kier alpha value is -2.40. The number of ether oxygens (including phenoxy) is 1. The van der Waals surface area contributed by atoms with Crippen molar-refractivity contribution in [1.82, 2.24) is 4.90 Å². The molecule has 160 valence electrons. The summed E-state index contributed by atoms with van der Waals surface area (Å²) in [5, 5.41) is 11.7. The van der Waals surface area contributed by atoms with Crippen molar-refractivity contribution in [3.8, 4) is 5.75 Å². The van der Waals surface area contributed by atoms with Crippen molar-refractivity contribution in [2.24, 2.45) is 11.8 Å². The molecule has 1 heterocycles. The highest BCUT2D eigenvalue weighted by Gasteiger charge is 2.54. The maximum atomic E-state index is 14.6. The van der Waals surface area contributed by atoms with E-state index in [2.05, 4.69) is 6.92 Å². The van der Waals surface area contributed by atoms with E-state index < -0.39 is 5.60 Å². The summed E-state index contributed by atoms with van der Waals surface area (Å²) in [4.78, 5) is 15.4. The first kappa shape index (κ1) is 20.9. The molecule has 2 aliphatic rings. The number of amides is 1. The first-order valence-corrected chi connectivity index (χ1v) is 10.8. The van der Waals surface area contributed by atoms with Crippen molar-refractivity contribution in [3.63, 3.8) is 0 Å². The van der Waals surface area contributed by atoms with Crippen LogP contribution in [0.4, 0.5) is 4.39 Å². The average Bonchev–Trinajstić information content (AvgIpc) is 3.11. The quantitative estimate of drug-likeness (QED) is 0.807. The molecular formula is C25H30FNO3. The molecule has 0 radical (unpaired) electrons. The highest BCUT2D eigenvalue weighted by atomic mass is 19.1. The molecule has 0 spiro atoms. The number of hydrogen-bond acceptors (Lipinski definition) is 3. The van der Waals surface area contributed by atoms with Gasteiger partial charge >= 0.3 is 0 Å².